The molecule has 1 fully saturated rings. The lowest BCUT2D eigenvalue weighted by molar-refractivity contribution is 0.264. The van der Waals surface area contributed by atoms with Crippen LogP contribution in [0, 0.1) is 17.3 Å². The fraction of sp³-hybridized carbons (Fsp3) is 1.00. The Morgan fingerprint density at radius 2 is 1.84 bits per heavy atom. The Kier molecular flexibility index (Phi) is 8.01. The molecule has 0 spiro atoms. The molecule has 1 aliphatic rings. The molecule has 1 saturated carbocycles. The molecular weight excluding hydrogens is 232 g/mol. The van der Waals surface area contributed by atoms with Crippen molar-refractivity contribution < 1.29 is 0 Å². The van der Waals surface area contributed by atoms with E-state index in [4.69, 9.17) is 5.73 Å². The van der Waals surface area contributed by atoms with E-state index >= 15 is 0 Å². The van der Waals surface area contributed by atoms with Gasteiger partial charge in [0.15, 0.2) is 0 Å². The van der Waals surface area contributed by atoms with E-state index in [-0.39, 0.29) is 0 Å². The second-order valence-electron chi connectivity index (χ2n) is 6.96. The number of hydrogen-bond donors (Lipinski definition) is 2. The Morgan fingerprint density at radius 1 is 1.16 bits per heavy atom. The largest absolute Gasteiger partial charge is 0.330 e. The van der Waals surface area contributed by atoms with E-state index < -0.39 is 0 Å². The zero-order valence-electron chi connectivity index (χ0n) is 13.5. The van der Waals surface area contributed by atoms with Gasteiger partial charge in [-0.15, -0.1) is 0 Å². The highest BCUT2D eigenvalue weighted by atomic mass is 14.9. The van der Waals surface area contributed by atoms with Gasteiger partial charge in [0.1, 0.15) is 0 Å². The second kappa shape index (κ2) is 8.97. The monoisotopic (exact) mass is 268 g/mol. The smallest absolute Gasteiger partial charge is 0.000770 e. The van der Waals surface area contributed by atoms with Gasteiger partial charge in [0.25, 0.3) is 0 Å². The molecule has 0 aromatic heterocycles. The summed E-state index contributed by atoms with van der Waals surface area (Å²) < 4.78 is 0. The Morgan fingerprint density at radius 3 is 2.37 bits per heavy atom. The third-order valence-electron chi connectivity index (χ3n) is 5.32. The molecule has 2 heteroatoms. The molecule has 0 bridgehead atoms. The summed E-state index contributed by atoms with van der Waals surface area (Å²) in [5.74, 6) is 1.60. The van der Waals surface area contributed by atoms with Crippen LogP contribution in [-0.4, -0.2) is 19.6 Å². The number of nitrogens with two attached hydrogens (primary N) is 1. The predicted molar refractivity (Wildman–Crippen MR) is 85.3 cm³/mol. The summed E-state index contributed by atoms with van der Waals surface area (Å²) >= 11 is 0. The fourth-order valence-electron chi connectivity index (χ4n) is 3.65. The van der Waals surface area contributed by atoms with Crippen LogP contribution in [0.3, 0.4) is 0 Å². The van der Waals surface area contributed by atoms with Gasteiger partial charge in [-0.3, -0.25) is 0 Å². The fourth-order valence-corrected chi connectivity index (χ4v) is 3.65. The Labute approximate surface area is 120 Å². The normalized spacial score (nSPS) is 20.1. The molecule has 1 atom stereocenters. The van der Waals surface area contributed by atoms with Gasteiger partial charge in [-0.25, -0.2) is 0 Å². The van der Waals surface area contributed by atoms with Gasteiger partial charge < -0.3 is 11.1 Å². The van der Waals surface area contributed by atoms with Crippen molar-refractivity contribution in [3.8, 4) is 0 Å². The lowest BCUT2D eigenvalue weighted by atomic mass is 9.83. The Hall–Kier alpha value is -0.0800. The third kappa shape index (κ3) is 5.83. The van der Waals surface area contributed by atoms with Crippen molar-refractivity contribution in [3.63, 3.8) is 0 Å². The van der Waals surface area contributed by atoms with E-state index in [2.05, 4.69) is 26.1 Å². The topological polar surface area (TPSA) is 38.0 Å². The summed E-state index contributed by atoms with van der Waals surface area (Å²) in [6.07, 6.45) is 11.0. The van der Waals surface area contributed by atoms with Gasteiger partial charge in [0.05, 0.1) is 0 Å². The summed E-state index contributed by atoms with van der Waals surface area (Å²) in [6, 6.07) is 0. The highest BCUT2D eigenvalue weighted by Crippen LogP contribution is 2.40. The zero-order chi connectivity index (χ0) is 14.1. The summed E-state index contributed by atoms with van der Waals surface area (Å²) in [5.41, 5.74) is 6.33. The van der Waals surface area contributed by atoms with Gasteiger partial charge in [0, 0.05) is 6.54 Å². The van der Waals surface area contributed by atoms with Crippen LogP contribution in [0.25, 0.3) is 0 Å². The van der Waals surface area contributed by atoms with Gasteiger partial charge >= 0.3 is 0 Å². The van der Waals surface area contributed by atoms with E-state index in [9.17, 15) is 0 Å². The zero-order valence-corrected chi connectivity index (χ0v) is 13.5. The molecular formula is C17H36N2. The molecule has 1 rings (SSSR count). The summed E-state index contributed by atoms with van der Waals surface area (Å²) in [7, 11) is 0. The molecule has 0 aromatic carbocycles. The molecule has 0 aliphatic heterocycles. The number of hydrogen-bond acceptors (Lipinski definition) is 2. The molecule has 0 saturated heterocycles. The van der Waals surface area contributed by atoms with Crippen LogP contribution in [0.2, 0.25) is 0 Å². The molecule has 0 aromatic rings. The van der Waals surface area contributed by atoms with E-state index in [1.54, 1.807) is 0 Å². The van der Waals surface area contributed by atoms with E-state index in [1.807, 2.05) is 0 Å². The van der Waals surface area contributed by atoms with Crippen LogP contribution < -0.4 is 11.1 Å². The van der Waals surface area contributed by atoms with Crippen molar-refractivity contribution in [3.05, 3.63) is 0 Å². The lowest BCUT2D eigenvalue weighted by Gasteiger charge is -2.28. The first-order valence-electron chi connectivity index (χ1n) is 8.54. The molecule has 19 heavy (non-hydrogen) atoms. The maximum Gasteiger partial charge on any atom is 0.000770 e. The van der Waals surface area contributed by atoms with Crippen LogP contribution in [-0.2, 0) is 0 Å². The molecule has 3 N–H and O–H groups in total. The standard InChI is InChI=1S/C17H36N2/c1-4-17(10-5-6-11-17)14-19-13-7-8-16(9-12-18)15(2)3/h15-16,19H,4-14,18H2,1-3H3. The highest BCUT2D eigenvalue weighted by molar-refractivity contribution is 4.85. The van der Waals surface area contributed by atoms with Crippen LogP contribution in [0.4, 0.5) is 0 Å². The molecule has 1 aliphatic carbocycles. The van der Waals surface area contributed by atoms with Gasteiger partial charge in [-0.2, -0.15) is 0 Å². The maximum absolute atomic E-state index is 5.70. The van der Waals surface area contributed by atoms with Crippen molar-refractivity contribution in [2.24, 2.45) is 23.0 Å². The van der Waals surface area contributed by atoms with Gasteiger partial charge in [0.2, 0.25) is 0 Å². The maximum atomic E-state index is 5.70. The average molecular weight is 268 g/mol. The minimum absolute atomic E-state index is 0.634. The summed E-state index contributed by atoms with van der Waals surface area (Å²) in [4.78, 5) is 0. The number of rotatable bonds is 10. The van der Waals surface area contributed by atoms with Crippen molar-refractivity contribution in [1.82, 2.24) is 5.32 Å². The van der Waals surface area contributed by atoms with Crippen LogP contribution >= 0.6 is 0 Å². The van der Waals surface area contributed by atoms with Crippen LogP contribution in [0.1, 0.15) is 72.1 Å². The van der Waals surface area contributed by atoms with Gasteiger partial charge in [-0.1, -0.05) is 33.6 Å². The minimum atomic E-state index is 0.634. The summed E-state index contributed by atoms with van der Waals surface area (Å²) in [6.45, 7) is 10.3. The van der Waals surface area contributed by atoms with Crippen LogP contribution in [0.5, 0.6) is 0 Å². The Balaban J connectivity index is 2.13. The second-order valence-corrected chi connectivity index (χ2v) is 6.96. The first-order chi connectivity index (χ1) is 9.13. The number of nitrogens with one attached hydrogen (secondary N) is 1. The van der Waals surface area contributed by atoms with E-state index in [1.165, 1.54) is 64.5 Å². The third-order valence-corrected chi connectivity index (χ3v) is 5.32. The first-order valence-corrected chi connectivity index (χ1v) is 8.54. The van der Waals surface area contributed by atoms with E-state index in [0.717, 1.165) is 18.4 Å². The Bertz CT molecular complexity index is 219. The first kappa shape index (κ1) is 17.0. The highest BCUT2D eigenvalue weighted by Gasteiger charge is 2.31. The van der Waals surface area contributed by atoms with E-state index in [0.29, 0.717) is 5.41 Å². The van der Waals surface area contributed by atoms with Crippen molar-refractivity contribution in [2.45, 2.75) is 72.1 Å². The minimum Gasteiger partial charge on any atom is -0.330 e. The predicted octanol–water partition coefficient (Wildman–Crippen LogP) is 3.95. The molecule has 114 valence electrons. The molecule has 0 radical (unpaired) electrons. The van der Waals surface area contributed by atoms with Crippen molar-refractivity contribution in [1.29, 1.82) is 0 Å². The quantitative estimate of drug-likeness (QED) is 0.589. The lowest BCUT2D eigenvalue weighted by Crippen LogP contribution is -2.32. The van der Waals surface area contributed by atoms with Crippen molar-refractivity contribution in [2.75, 3.05) is 19.6 Å². The average Bonchev–Trinajstić information content (AvgIpc) is 2.86. The summed E-state index contributed by atoms with van der Waals surface area (Å²) in [5, 5.41) is 3.72. The SMILES string of the molecule is CCC1(CNCCCC(CCN)C(C)C)CCCC1. The molecule has 0 amide bonds. The molecule has 1 unspecified atom stereocenters. The molecule has 0 heterocycles. The van der Waals surface area contributed by atoms with Crippen LogP contribution in [0.15, 0.2) is 0 Å². The van der Waals surface area contributed by atoms with Crippen molar-refractivity contribution >= 4 is 0 Å². The van der Waals surface area contributed by atoms with Gasteiger partial charge in [-0.05, 0) is 68.9 Å². The molecule has 2 nitrogen and oxygen atoms in total.